The first-order valence-electron chi connectivity index (χ1n) is 8.06. The van der Waals surface area contributed by atoms with Gasteiger partial charge in [0, 0.05) is 58.5 Å². The van der Waals surface area contributed by atoms with E-state index in [1.54, 1.807) is 0 Å². The van der Waals surface area contributed by atoms with Gasteiger partial charge in [0.05, 0.1) is 0 Å². The number of amides is 2. The van der Waals surface area contributed by atoms with Crippen LogP contribution in [-0.2, 0) is 19.2 Å². The van der Waals surface area contributed by atoms with Gasteiger partial charge in [0.1, 0.15) is 0 Å². The second-order valence-electron chi connectivity index (χ2n) is 3.28. The second kappa shape index (κ2) is 23.9. The van der Waals surface area contributed by atoms with Gasteiger partial charge in [-0.25, -0.2) is 0 Å². The topological polar surface area (TPSA) is 157 Å². The summed E-state index contributed by atoms with van der Waals surface area (Å²) >= 11 is 0. The molecule has 0 saturated carbocycles. The van der Waals surface area contributed by atoms with Crippen molar-refractivity contribution in [1.29, 1.82) is 0 Å². The molecule has 10 heteroatoms. The number of hydrogen-bond acceptors (Lipinski definition) is 6. The molecule has 0 aromatic rings. The smallest absolute Gasteiger partial charge is 0.290 e. The van der Waals surface area contributed by atoms with Gasteiger partial charge in [-0.05, 0) is 0 Å². The van der Waals surface area contributed by atoms with Crippen LogP contribution in [0.15, 0.2) is 0 Å². The summed E-state index contributed by atoms with van der Waals surface area (Å²) in [5.41, 5.74) is 0. The molecule has 10 nitrogen and oxygen atoms in total. The van der Waals surface area contributed by atoms with E-state index in [1.165, 1.54) is 13.8 Å². The summed E-state index contributed by atoms with van der Waals surface area (Å²) < 4.78 is 30.6. The van der Waals surface area contributed by atoms with Crippen LogP contribution in [0.5, 0.6) is 0 Å². The molecule has 0 spiro atoms. The summed E-state index contributed by atoms with van der Waals surface area (Å²) in [4.78, 5) is 38.0. The third-order valence-corrected chi connectivity index (χ3v) is 1.49. The van der Waals surface area contributed by atoms with E-state index in [1.807, 2.05) is 0 Å². The van der Waals surface area contributed by atoms with Crippen LogP contribution in [-0.4, -0.2) is 74.1 Å². The van der Waals surface area contributed by atoms with Crippen LogP contribution < -0.4 is 21.3 Å². The van der Waals surface area contributed by atoms with Gasteiger partial charge in [-0.2, -0.15) is 0 Å². The summed E-state index contributed by atoms with van der Waals surface area (Å²) in [7, 11) is 0. The lowest BCUT2D eigenvalue weighted by atomic mass is 10.5. The molecule has 0 aromatic carbocycles. The molecule has 130 valence electrons. The average Bonchev–Trinajstić information content (AvgIpc) is 2.49. The first-order chi connectivity index (χ1) is 11.9. The molecule has 0 radical (unpaired) electrons. The monoisotopic (exact) mass is 326 g/mol. The standard InChI is InChI=1S/C10H22N4O2.2CH2O2/c1-9(15)13-7-5-11-3-4-12-6-8-14-10(2)16;2*2-1-3/h11-12H,3-8H2,1-2H3,(H,13,15)(H,14,16);2*1H,(H,2,3)/i3D2,4D2;;. The van der Waals surface area contributed by atoms with Gasteiger partial charge < -0.3 is 31.5 Å². The van der Waals surface area contributed by atoms with Crippen molar-refractivity contribution < 1.29 is 34.9 Å². The molecule has 6 N–H and O–H groups in total. The van der Waals surface area contributed by atoms with E-state index < -0.39 is 13.0 Å². The van der Waals surface area contributed by atoms with Crippen molar-refractivity contribution in [3.63, 3.8) is 0 Å². The summed E-state index contributed by atoms with van der Waals surface area (Å²) in [6.07, 6.45) is 0. The minimum Gasteiger partial charge on any atom is -0.483 e. The van der Waals surface area contributed by atoms with E-state index >= 15 is 0 Å². The maximum Gasteiger partial charge on any atom is 0.290 e. The molecule has 0 aliphatic rings. The van der Waals surface area contributed by atoms with Gasteiger partial charge in [-0.15, -0.1) is 0 Å². The van der Waals surface area contributed by atoms with Crippen LogP contribution in [0.25, 0.3) is 0 Å². The minimum atomic E-state index is -2.32. The molecular formula is C12H26N4O6. The largest absolute Gasteiger partial charge is 0.483 e. The third-order valence-electron chi connectivity index (χ3n) is 1.49. The van der Waals surface area contributed by atoms with E-state index in [0.717, 1.165) is 0 Å². The van der Waals surface area contributed by atoms with Crippen molar-refractivity contribution in [2.24, 2.45) is 0 Å². The highest BCUT2D eigenvalue weighted by molar-refractivity contribution is 5.73. The molecule has 0 aliphatic carbocycles. The maximum atomic E-state index is 10.6. The summed E-state index contributed by atoms with van der Waals surface area (Å²) in [6.45, 7) is -1.84. The molecule has 0 rings (SSSR count). The lowest BCUT2D eigenvalue weighted by Gasteiger charge is -2.07. The number of hydrogen-bond donors (Lipinski definition) is 6. The molecule has 0 saturated heterocycles. The molecule has 0 aromatic heterocycles. The fourth-order valence-corrected chi connectivity index (χ4v) is 0.815. The molecule has 0 atom stereocenters. The zero-order chi connectivity index (χ0) is 21.2. The first kappa shape index (κ1) is 16.2. The molecule has 0 unspecified atom stereocenters. The predicted octanol–water partition coefficient (Wildman–Crippen LogP) is -2.16. The van der Waals surface area contributed by atoms with Crippen LogP contribution in [0.4, 0.5) is 0 Å². The van der Waals surface area contributed by atoms with Gasteiger partial charge in [-0.3, -0.25) is 19.2 Å². The fraction of sp³-hybridized carbons (Fsp3) is 0.667. The van der Waals surface area contributed by atoms with E-state index in [2.05, 4.69) is 21.3 Å². The van der Waals surface area contributed by atoms with Gasteiger partial charge in [-0.1, -0.05) is 0 Å². The lowest BCUT2D eigenvalue weighted by molar-refractivity contribution is -0.123. The normalized spacial score (nSPS) is 12.3. The molecule has 0 aliphatic heterocycles. The van der Waals surface area contributed by atoms with Crippen LogP contribution >= 0.6 is 0 Å². The lowest BCUT2D eigenvalue weighted by Crippen LogP contribution is -2.36. The Morgan fingerprint density at radius 2 is 1.14 bits per heavy atom. The Kier molecular flexibility index (Phi) is 17.5. The molecule has 0 heterocycles. The Hall–Kier alpha value is -2.20. The van der Waals surface area contributed by atoms with Crippen molar-refractivity contribution in [3.8, 4) is 0 Å². The van der Waals surface area contributed by atoms with E-state index in [4.69, 9.17) is 25.3 Å². The Labute approximate surface area is 135 Å². The highest BCUT2D eigenvalue weighted by Gasteiger charge is 1.91. The van der Waals surface area contributed by atoms with Crippen molar-refractivity contribution in [3.05, 3.63) is 0 Å². The summed E-state index contributed by atoms with van der Waals surface area (Å²) in [5.74, 6) is -0.465. The van der Waals surface area contributed by atoms with Crippen molar-refractivity contribution in [1.82, 2.24) is 21.3 Å². The van der Waals surface area contributed by atoms with Crippen molar-refractivity contribution in [2.75, 3.05) is 39.2 Å². The van der Waals surface area contributed by atoms with E-state index in [9.17, 15) is 9.59 Å². The van der Waals surface area contributed by atoms with Crippen LogP contribution in [0, 0.1) is 0 Å². The molecule has 0 fully saturated rings. The predicted molar refractivity (Wildman–Crippen MR) is 80.5 cm³/mol. The Morgan fingerprint density at radius 3 is 1.36 bits per heavy atom. The average molecular weight is 326 g/mol. The van der Waals surface area contributed by atoms with Gasteiger partial charge in [0.25, 0.3) is 12.9 Å². The second-order valence-corrected chi connectivity index (χ2v) is 3.28. The quantitative estimate of drug-likeness (QED) is 0.207. The van der Waals surface area contributed by atoms with E-state index in [0.29, 0.717) is 0 Å². The Bertz CT molecular complexity index is 389. The number of carbonyl (C=O) groups is 4. The minimum absolute atomic E-state index is 0.0967. The van der Waals surface area contributed by atoms with E-state index in [-0.39, 0.29) is 50.9 Å². The third kappa shape index (κ3) is 43.1. The van der Waals surface area contributed by atoms with Crippen LogP contribution in [0.1, 0.15) is 19.3 Å². The first-order valence-corrected chi connectivity index (χ1v) is 6.06. The number of nitrogens with one attached hydrogen (secondary N) is 4. The van der Waals surface area contributed by atoms with Gasteiger partial charge >= 0.3 is 0 Å². The maximum absolute atomic E-state index is 10.6. The van der Waals surface area contributed by atoms with Crippen molar-refractivity contribution in [2.45, 2.75) is 13.8 Å². The van der Waals surface area contributed by atoms with Crippen LogP contribution in [0.3, 0.4) is 0 Å². The Balaban J connectivity index is -0.000000768. The highest BCUT2D eigenvalue weighted by atomic mass is 16.3. The summed E-state index contributed by atoms with van der Waals surface area (Å²) in [5, 5.41) is 23.5. The van der Waals surface area contributed by atoms with Gasteiger partial charge in [0.2, 0.25) is 11.8 Å². The molecule has 22 heavy (non-hydrogen) atoms. The number of carbonyl (C=O) groups excluding carboxylic acids is 2. The Morgan fingerprint density at radius 1 is 0.864 bits per heavy atom. The SMILES string of the molecule is O=CO.O=CO.[2H]C([2H])(NCCNC(C)=O)C([2H])([2H])NCCNC(C)=O. The fourth-order valence-electron chi connectivity index (χ4n) is 0.815. The molecule has 2 amide bonds. The number of carboxylic acid groups (broad SMARTS) is 2. The van der Waals surface area contributed by atoms with Crippen LogP contribution in [0.2, 0.25) is 0 Å². The molecule has 0 bridgehead atoms. The zero-order valence-electron chi connectivity index (χ0n) is 16.5. The van der Waals surface area contributed by atoms with Gasteiger partial charge in [0.15, 0.2) is 0 Å². The summed E-state index contributed by atoms with van der Waals surface area (Å²) in [6, 6.07) is 0. The molecular weight excluding hydrogens is 296 g/mol. The zero-order valence-corrected chi connectivity index (χ0v) is 12.5. The van der Waals surface area contributed by atoms with Crippen molar-refractivity contribution >= 4 is 24.8 Å². The number of rotatable bonds is 9. The highest BCUT2D eigenvalue weighted by Crippen LogP contribution is 1.64.